The summed E-state index contributed by atoms with van der Waals surface area (Å²) in [4.78, 5) is 18.6. The van der Waals surface area contributed by atoms with E-state index < -0.39 is 0 Å². The molecular weight excluding hydrogens is 414 g/mol. The van der Waals surface area contributed by atoms with Gasteiger partial charge >= 0.3 is 0 Å². The second kappa shape index (κ2) is 8.78. The summed E-state index contributed by atoms with van der Waals surface area (Å²) in [6.45, 7) is 4.97. The second-order valence-electron chi connectivity index (χ2n) is 8.75. The first-order valence-electron chi connectivity index (χ1n) is 11.3. The highest BCUT2D eigenvalue weighted by atomic mass is 16.5. The highest BCUT2D eigenvalue weighted by Crippen LogP contribution is 2.38. The van der Waals surface area contributed by atoms with Gasteiger partial charge in [0.25, 0.3) is 0 Å². The molecule has 8 nitrogen and oxygen atoms in total. The van der Waals surface area contributed by atoms with Crippen LogP contribution in [-0.2, 0) is 6.54 Å². The van der Waals surface area contributed by atoms with Crippen LogP contribution in [0.1, 0.15) is 5.56 Å². The normalized spacial score (nSPS) is 16.2. The Morgan fingerprint density at radius 1 is 0.939 bits per heavy atom. The van der Waals surface area contributed by atoms with Gasteiger partial charge in [0.15, 0.2) is 5.82 Å². The van der Waals surface area contributed by atoms with Gasteiger partial charge in [0.05, 0.1) is 24.7 Å². The molecule has 1 N–H and O–H groups in total. The molecule has 1 saturated heterocycles. The predicted octanol–water partition coefficient (Wildman–Crippen LogP) is 3.70. The van der Waals surface area contributed by atoms with E-state index in [0.29, 0.717) is 5.95 Å². The quantitative estimate of drug-likeness (QED) is 0.652. The predicted molar refractivity (Wildman–Crippen MR) is 135 cm³/mol. The second-order valence-corrected chi connectivity index (χ2v) is 8.75. The average Bonchev–Trinajstić information content (AvgIpc) is 2.94. The number of para-hydroxylation sites is 1. The summed E-state index contributed by atoms with van der Waals surface area (Å²) in [5.41, 5.74) is 5.43. The Morgan fingerprint density at radius 3 is 2.52 bits per heavy atom. The molecule has 3 aromatic rings. The van der Waals surface area contributed by atoms with Gasteiger partial charge in [-0.3, -0.25) is 0 Å². The van der Waals surface area contributed by atoms with Crippen LogP contribution in [0.15, 0.2) is 48.7 Å². The third-order valence-corrected chi connectivity index (χ3v) is 6.54. The third kappa shape index (κ3) is 4.14. The van der Waals surface area contributed by atoms with Crippen molar-refractivity contribution in [3.8, 4) is 5.75 Å². The highest BCUT2D eigenvalue weighted by molar-refractivity contribution is 5.78. The van der Waals surface area contributed by atoms with Crippen LogP contribution in [0.25, 0.3) is 0 Å². The summed E-state index contributed by atoms with van der Waals surface area (Å²) < 4.78 is 5.71. The number of aromatic nitrogens is 2. The summed E-state index contributed by atoms with van der Waals surface area (Å²) >= 11 is 0. The number of methoxy groups -OCH3 is 1. The average molecular weight is 446 g/mol. The minimum atomic E-state index is 0.541. The van der Waals surface area contributed by atoms with Gasteiger partial charge in [-0.15, -0.1) is 0 Å². The fourth-order valence-corrected chi connectivity index (χ4v) is 4.53. The zero-order valence-electron chi connectivity index (χ0n) is 19.7. The van der Waals surface area contributed by atoms with Crippen LogP contribution in [0.2, 0.25) is 0 Å². The molecule has 0 bridgehead atoms. The number of benzene rings is 2. The molecule has 3 heterocycles. The summed E-state index contributed by atoms with van der Waals surface area (Å²) in [5.74, 6) is 2.19. The number of ether oxygens (including phenoxy) is 1. The number of nitrogens with zero attached hydrogens (tertiary/aromatic N) is 6. The molecule has 8 heteroatoms. The van der Waals surface area contributed by atoms with Crippen LogP contribution < -0.4 is 24.8 Å². The summed E-state index contributed by atoms with van der Waals surface area (Å²) in [6.07, 6.45) is 1.89. The number of anilines is 6. The largest absolute Gasteiger partial charge is 0.494 e. The number of hydrogen-bond acceptors (Lipinski definition) is 8. The first-order valence-corrected chi connectivity index (χ1v) is 11.3. The fourth-order valence-electron chi connectivity index (χ4n) is 4.53. The fraction of sp³-hybridized carbons (Fsp3) is 0.360. The van der Waals surface area contributed by atoms with E-state index in [1.807, 2.05) is 12.3 Å². The van der Waals surface area contributed by atoms with Crippen molar-refractivity contribution in [2.45, 2.75) is 6.54 Å². The molecule has 5 rings (SSSR count). The molecule has 1 aromatic heterocycles. The Morgan fingerprint density at radius 2 is 1.73 bits per heavy atom. The van der Waals surface area contributed by atoms with Gasteiger partial charge in [-0.05, 0) is 30.8 Å². The van der Waals surface area contributed by atoms with Gasteiger partial charge in [0.2, 0.25) is 5.95 Å². The van der Waals surface area contributed by atoms with Crippen molar-refractivity contribution < 1.29 is 4.74 Å². The van der Waals surface area contributed by atoms with E-state index in [1.54, 1.807) is 7.11 Å². The monoisotopic (exact) mass is 445 g/mol. The van der Waals surface area contributed by atoms with Crippen LogP contribution in [0.4, 0.5) is 34.5 Å². The molecular formula is C25H31N7O. The van der Waals surface area contributed by atoms with Crippen molar-refractivity contribution in [1.82, 2.24) is 14.9 Å². The molecule has 0 atom stereocenters. The van der Waals surface area contributed by atoms with Crippen LogP contribution in [0.5, 0.6) is 5.75 Å². The van der Waals surface area contributed by atoms with Gasteiger partial charge in [-0.25, -0.2) is 4.98 Å². The minimum absolute atomic E-state index is 0.541. The molecule has 0 amide bonds. The van der Waals surface area contributed by atoms with E-state index in [1.165, 1.54) is 11.3 Å². The van der Waals surface area contributed by atoms with Crippen molar-refractivity contribution in [1.29, 1.82) is 0 Å². The summed E-state index contributed by atoms with van der Waals surface area (Å²) in [7, 11) is 8.00. The van der Waals surface area contributed by atoms with Crippen molar-refractivity contribution in [3.63, 3.8) is 0 Å². The van der Waals surface area contributed by atoms with Crippen molar-refractivity contribution in [2.24, 2.45) is 0 Å². The zero-order chi connectivity index (χ0) is 22.9. The Bertz CT molecular complexity index is 1140. The molecule has 0 unspecified atom stereocenters. The lowest BCUT2D eigenvalue weighted by Crippen LogP contribution is -2.44. The van der Waals surface area contributed by atoms with Gasteiger partial charge < -0.3 is 29.7 Å². The standard InChI is InChI=1S/C25H31N7O/c1-29-11-13-32(14-12-29)19-9-10-20(23(15-19)33-4)27-25-26-16-22-24(28-25)31(3)21-8-6-5-7-18(21)17-30(22)2/h5-10,15-16H,11-14,17H2,1-4H3,(H,26,27,28). The molecule has 1 fully saturated rings. The topological polar surface area (TPSA) is 60.0 Å². The smallest absolute Gasteiger partial charge is 0.229 e. The van der Waals surface area contributed by atoms with E-state index in [2.05, 4.69) is 87.4 Å². The van der Waals surface area contributed by atoms with E-state index in [0.717, 1.165) is 61.4 Å². The first-order chi connectivity index (χ1) is 16.0. The lowest BCUT2D eigenvalue weighted by Gasteiger charge is -2.34. The number of fused-ring (bicyclic) bond motifs is 2. The van der Waals surface area contributed by atoms with Gasteiger partial charge in [-0.1, -0.05) is 18.2 Å². The minimum Gasteiger partial charge on any atom is -0.494 e. The van der Waals surface area contributed by atoms with Crippen molar-refractivity contribution in [3.05, 3.63) is 54.2 Å². The molecule has 2 aliphatic rings. The summed E-state index contributed by atoms with van der Waals surface area (Å²) in [6, 6.07) is 14.7. The maximum atomic E-state index is 5.71. The van der Waals surface area contributed by atoms with Crippen LogP contribution in [0, 0.1) is 0 Å². The first kappa shape index (κ1) is 21.3. The van der Waals surface area contributed by atoms with Crippen LogP contribution in [-0.4, -0.2) is 69.3 Å². The van der Waals surface area contributed by atoms with Gasteiger partial charge in [-0.2, -0.15) is 4.98 Å². The molecule has 0 saturated carbocycles. The maximum Gasteiger partial charge on any atom is 0.229 e. The van der Waals surface area contributed by atoms with E-state index in [9.17, 15) is 0 Å². The Balaban J connectivity index is 1.43. The number of nitrogens with one attached hydrogen (secondary N) is 1. The van der Waals surface area contributed by atoms with Crippen LogP contribution in [0.3, 0.4) is 0 Å². The SMILES string of the molecule is COc1cc(N2CCN(C)CC2)ccc1Nc1ncc2c(n1)N(C)c1ccccc1CN2C. The third-order valence-electron chi connectivity index (χ3n) is 6.54. The zero-order valence-corrected chi connectivity index (χ0v) is 19.7. The highest BCUT2D eigenvalue weighted by Gasteiger charge is 2.23. The molecule has 0 aliphatic carbocycles. The molecule has 0 radical (unpaired) electrons. The molecule has 33 heavy (non-hydrogen) atoms. The Labute approximate surface area is 195 Å². The van der Waals surface area contributed by atoms with E-state index in [4.69, 9.17) is 9.72 Å². The molecule has 2 aromatic carbocycles. The Kier molecular flexibility index (Phi) is 5.68. The van der Waals surface area contributed by atoms with Gasteiger partial charge in [0, 0.05) is 64.3 Å². The van der Waals surface area contributed by atoms with Gasteiger partial charge in [0.1, 0.15) is 5.75 Å². The van der Waals surface area contributed by atoms with E-state index in [-0.39, 0.29) is 0 Å². The molecule has 0 spiro atoms. The number of piperazine rings is 1. The van der Waals surface area contributed by atoms with E-state index >= 15 is 0 Å². The number of likely N-dealkylation sites (N-methyl/N-ethyl adjacent to an activating group) is 1. The molecule has 172 valence electrons. The number of hydrogen-bond donors (Lipinski definition) is 1. The Hall–Kier alpha value is -3.52. The molecule has 2 aliphatic heterocycles. The number of rotatable bonds is 4. The lowest BCUT2D eigenvalue weighted by atomic mass is 10.1. The summed E-state index contributed by atoms with van der Waals surface area (Å²) in [5, 5.41) is 3.37. The lowest BCUT2D eigenvalue weighted by molar-refractivity contribution is 0.312. The van der Waals surface area contributed by atoms with Crippen molar-refractivity contribution in [2.75, 3.05) is 74.4 Å². The van der Waals surface area contributed by atoms with Crippen LogP contribution >= 0.6 is 0 Å². The maximum absolute atomic E-state index is 5.71. The van der Waals surface area contributed by atoms with Crippen molar-refractivity contribution >= 4 is 34.5 Å².